The van der Waals surface area contributed by atoms with Crippen LogP contribution in [-0.4, -0.2) is 35.6 Å². The van der Waals surface area contributed by atoms with Gasteiger partial charge in [0.1, 0.15) is 5.82 Å². The molecule has 0 radical (unpaired) electrons. The standard InChI is InChI=1S/C15H19BrFNO2/c1-18(12-5-2-10(9-19)3-6-12)15(20)11-4-7-13(16)14(17)8-11/h4,7-8,10,12,19H,2-3,5-6,9H2,1H3. The van der Waals surface area contributed by atoms with Crippen LogP contribution in [-0.2, 0) is 0 Å². The number of aliphatic hydroxyl groups excluding tert-OH is 1. The van der Waals surface area contributed by atoms with Crippen molar-refractivity contribution in [3.05, 3.63) is 34.1 Å². The van der Waals surface area contributed by atoms with Gasteiger partial charge in [-0.15, -0.1) is 0 Å². The summed E-state index contributed by atoms with van der Waals surface area (Å²) in [5, 5.41) is 9.13. The zero-order valence-electron chi connectivity index (χ0n) is 11.5. The Morgan fingerprint density at radius 1 is 1.40 bits per heavy atom. The monoisotopic (exact) mass is 343 g/mol. The van der Waals surface area contributed by atoms with Crippen molar-refractivity contribution in [3.8, 4) is 0 Å². The second-order valence-corrected chi connectivity index (χ2v) is 6.26. The number of benzene rings is 1. The first-order valence-electron chi connectivity index (χ1n) is 6.86. The smallest absolute Gasteiger partial charge is 0.253 e. The summed E-state index contributed by atoms with van der Waals surface area (Å²) in [4.78, 5) is 14.1. The van der Waals surface area contributed by atoms with E-state index in [1.54, 1.807) is 24.1 Å². The van der Waals surface area contributed by atoms with Crippen LogP contribution >= 0.6 is 15.9 Å². The number of rotatable bonds is 3. The Kier molecular flexibility index (Phi) is 5.16. The Labute approximate surface area is 126 Å². The summed E-state index contributed by atoms with van der Waals surface area (Å²) in [5.41, 5.74) is 0.373. The van der Waals surface area contributed by atoms with Gasteiger partial charge < -0.3 is 10.0 Å². The predicted octanol–water partition coefficient (Wildman–Crippen LogP) is 3.21. The molecule has 5 heteroatoms. The molecular formula is C15H19BrFNO2. The second kappa shape index (κ2) is 6.68. The van der Waals surface area contributed by atoms with Crippen molar-refractivity contribution in [1.82, 2.24) is 4.90 Å². The fourth-order valence-corrected chi connectivity index (χ4v) is 2.96. The lowest BCUT2D eigenvalue weighted by atomic mass is 9.86. The Hall–Kier alpha value is -0.940. The molecule has 1 fully saturated rings. The summed E-state index contributed by atoms with van der Waals surface area (Å²) in [7, 11) is 1.77. The molecule has 1 aromatic carbocycles. The molecule has 110 valence electrons. The number of halogens is 2. The van der Waals surface area contributed by atoms with Crippen molar-refractivity contribution in [3.63, 3.8) is 0 Å². The molecule has 1 aliphatic carbocycles. The lowest BCUT2D eigenvalue weighted by Crippen LogP contribution is -2.39. The van der Waals surface area contributed by atoms with E-state index >= 15 is 0 Å². The zero-order chi connectivity index (χ0) is 14.7. The minimum absolute atomic E-state index is 0.149. The average Bonchev–Trinajstić information content (AvgIpc) is 2.48. The van der Waals surface area contributed by atoms with E-state index in [2.05, 4.69) is 15.9 Å². The molecule has 0 saturated heterocycles. The van der Waals surface area contributed by atoms with Gasteiger partial charge in [-0.2, -0.15) is 0 Å². The van der Waals surface area contributed by atoms with Crippen molar-refractivity contribution in [2.75, 3.05) is 13.7 Å². The highest BCUT2D eigenvalue weighted by Crippen LogP contribution is 2.27. The van der Waals surface area contributed by atoms with E-state index in [9.17, 15) is 9.18 Å². The molecule has 0 spiro atoms. The SMILES string of the molecule is CN(C(=O)c1ccc(Br)c(F)c1)C1CCC(CO)CC1. The summed E-state index contributed by atoms with van der Waals surface area (Å²) in [6, 6.07) is 4.63. The third kappa shape index (κ3) is 3.38. The van der Waals surface area contributed by atoms with Gasteiger partial charge in [0, 0.05) is 25.3 Å². The topological polar surface area (TPSA) is 40.5 Å². The van der Waals surface area contributed by atoms with Gasteiger partial charge in [0.15, 0.2) is 0 Å². The van der Waals surface area contributed by atoms with E-state index in [0.717, 1.165) is 25.7 Å². The summed E-state index contributed by atoms with van der Waals surface area (Å²) in [5.74, 6) is -0.211. The molecule has 0 heterocycles. The predicted molar refractivity (Wildman–Crippen MR) is 79.0 cm³/mol. The van der Waals surface area contributed by atoms with Crippen molar-refractivity contribution in [1.29, 1.82) is 0 Å². The van der Waals surface area contributed by atoms with Crippen LogP contribution in [0.15, 0.2) is 22.7 Å². The first kappa shape index (κ1) is 15.4. The van der Waals surface area contributed by atoms with Crippen molar-refractivity contribution in [2.24, 2.45) is 5.92 Å². The molecule has 2 rings (SSSR count). The molecule has 0 atom stereocenters. The maximum absolute atomic E-state index is 13.5. The van der Waals surface area contributed by atoms with Gasteiger partial charge in [-0.3, -0.25) is 4.79 Å². The minimum Gasteiger partial charge on any atom is -0.396 e. The summed E-state index contributed by atoms with van der Waals surface area (Å²) >= 11 is 3.08. The maximum atomic E-state index is 13.5. The molecule has 0 unspecified atom stereocenters. The Morgan fingerprint density at radius 2 is 2.05 bits per heavy atom. The molecule has 1 aromatic rings. The van der Waals surface area contributed by atoms with Gasteiger partial charge in [0.05, 0.1) is 4.47 Å². The number of carbonyl (C=O) groups is 1. The molecule has 3 nitrogen and oxygen atoms in total. The van der Waals surface area contributed by atoms with E-state index in [1.165, 1.54) is 6.07 Å². The minimum atomic E-state index is -0.423. The van der Waals surface area contributed by atoms with Crippen molar-refractivity contribution >= 4 is 21.8 Å². The van der Waals surface area contributed by atoms with Gasteiger partial charge in [-0.1, -0.05) is 0 Å². The highest BCUT2D eigenvalue weighted by molar-refractivity contribution is 9.10. The maximum Gasteiger partial charge on any atom is 0.253 e. The van der Waals surface area contributed by atoms with Crippen LogP contribution in [0.1, 0.15) is 36.0 Å². The highest BCUT2D eigenvalue weighted by atomic mass is 79.9. The molecule has 1 N–H and O–H groups in total. The molecule has 0 aromatic heterocycles. The number of aliphatic hydroxyl groups is 1. The first-order valence-corrected chi connectivity index (χ1v) is 7.65. The molecule has 0 bridgehead atoms. The van der Waals surface area contributed by atoms with Crippen molar-refractivity contribution in [2.45, 2.75) is 31.7 Å². The van der Waals surface area contributed by atoms with Gasteiger partial charge >= 0.3 is 0 Å². The highest BCUT2D eigenvalue weighted by Gasteiger charge is 2.26. The first-order chi connectivity index (χ1) is 9.52. The van der Waals surface area contributed by atoms with Crippen LogP contribution < -0.4 is 0 Å². The summed E-state index contributed by atoms with van der Waals surface area (Å²) < 4.78 is 13.9. The Morgan fingerprint density at radius 3 is 2.60 bits per heavy atom. The largest absolute Gasteiger partial charge is 0.396 e. The van der Waals surface area contributed by atoms with Crippen molar-refractivity contribution < 1.29 is 14.3 Å². The van der Waals surface area contributed by atoms with E-state index in [-0.39, 0.29) is 18.6 Å². The van der Waals surface area contributed by atoms with Crippen LogP contribution in [0.25, 0.3) is 0 Å². The molecule has 1 amide bonds. The molecular weight excluding hydrogens is 325 g/mol. The number of nitrogens with zero attached hydrogens (tertiary/aromatic N) is 1. The number of hydrogen-bond acceptors (Lipinski definition) is 2. The average molecular weight is 344 g/mol. The molecule has 0 aliphatic heterocycles. The van der Waals surface area contributed by atoms with Crippen LogP contribution in [0.2, 0.25) is 0 Å². The quantitative estimate of drug-likeness (QED) is 0.915. The number of carbonyl (C=O) groups excluding carboxylic acids is 1. The van der Waals surface area contributed by atoms with Crippen LogP contribution in [0.5, 0.6) is 0 Å². The summed E-state index contributed by atoms with van der Waals surface area (Å²) in [6.07, 6.45) is 3.67. The van der Waals surface area contributed by atoms with Gasteiger partial charge in [-0.05, 0) is 65.7 Å². The van der Waals surface area contributed by atoms with Crippen LogP contribution in [0.4, 0.5) is 4.39 Å². The molecule has 20 heavy (non-hydrogen) atoms. The van der Waals surface area contributed by atoms with E-state index in [4.69, 9.17) is 5.11 Å². The van der Waals surface area contributed by atoms with Gasteiger partial charge in [0.2, 0.25) is 0 Å². The van der Waals surface area contributed by atoms with Gasteiger partial charge in [-0.25, -0.2) is 4.39 Å². The lowest BCUT2D eigenvalue weighted by molar-refractivity contribution is 0.0652. The fraction of sp³-hybridized carbons (Fsp3) is 0.533. The van der Waals surface area contributed by atoms with Gasteiger partial charge in [0.25, 0.3) is 5.91 Å². The normalized spacial score (nSPS) is 22.6. The fourth-order valence-electron chi connectivity index (χ4n) is 2.71. The van der Waals surface area contributed by atoms with E-state index in [0.29, 0.717) is 16.0 Å². The molecule has 1 aliphatic rings. The summed E-state index contributed by atoms with van der Waals surface area (Å²) in [6.45, 7) is 0.225. The number of hydrogen-bond donors (Lipinski definition) is 1. The third-order valence-corrected chi connectivity index (χ3v) is 4.75. The van der Waals surface area contributed by atoms with Crippen LogP contribution in [0.3, 0.4) is 0 Å². The second-order valence-electron chi connectivity index (χ2n) is 5.40. The van der Waals surface area contributed by atoms with E-state index < -0.39 is 5.82 Å². The Balaban J connectivity index is 2.03. The number of amides is 1. The third-order valence-electron chi connectivity index (χ3n) is 4.11. The molecule has 1 saturated carbocycles. The van der Waals surface area contributed by atoms with Crippen LogP contribution in [0, 0.1) is 11.7 Å². The van der Waals surface area contributed by atoms with E-state index in [1.807, 2.05) is 0 Å². The Bertz CT molecular complexity index is 487. The zero-order valence-corrected chi connectivity index (χ0v) is 13.1. The lowest BCUT2D eigenvalue weighted by Gasteiger charge is -2.34.